The summed E-state index contributed by atoms with van der Waals surface area (Å²) in [6.07, 6.45) is 3.28. The van der Waals surface area contributed by atoms with Crippen molar-refractivity contribution >= 4 is 5.97 Å². The summed E-state index contributed by atoms with van der Waals surface area (Å²) in [6.45, 7) is 3.61. The van der Waals surface area contributed by atoms with Crippen molar-refractivity contribution in [2.75, 3.05) is 0 Å². The van der Waals surface area contributed by atoms with Crippen molar-refractivity contribution < 1.29 is 9.90 Å². The van der Waals surface area contributed by atoms with Crippen LogP contribution in [0.25, 0.3) is 0 Å². The minimum atomic E-state index is -0.931. The fourth-order valence-corrected chi connectivity index (χ4v) is 1.47. The molecule has 0 aromatic heterocycles. The van der Waals surface area contributed by atoms with Crippen molar-refractivity contribution in [2.24, 2.45) is 5.73 Å². The number of benzene rings is 1. The van der Waals surface area contributed by atoms with E-state index < -0.39 is 5.97 Å². The van der Waals surface area contributed by atoms with Crippen LogP contribution in [-0.2, 0) is 0 Å². The number of hydrogen-bond donors (Lipinski definition) is 2. The first-order chi connectivity index (χ1) is 7.16. The van der Waals surface area contributed by atoms with Crippen LogP contribution in [0.15, 0.2) is 36.9 Å². The van der Waals surface area contributed by atoms with Crippen LogP contribution in [0.1, 0.15) is 34.8 Å². The predicted octanol–water partition coefficient (Wildman–Crippen LogP) is 2.35. The molecule has 0 aliphatic carbocycles. The average molecular weight is 205 g/mol. The van der Waals surface area contributed by atoms with E-state index in [1.807, 2.05) is 0 Å². The van der Waals surface area contributed by atoms with E-state index in [9.17, 15) is 4.79 Å². The molecule has 0 spiro atoms. The van der Waals surface area contributed by atoms with Gasteiger partial charge in [-0.3, -0.25) is 0 Å². The van der Waals surface area contributed by atoms with Gasteiger partial charge in [0.2, 0.25) is 0 Å². The Morgan fingerprint density at radius 3 is 2.80 bits per heavy atom. The third-order valence-electron chi connectivity index (χ3n) is 2.27. The summed E-state index contributed by atoms with van der Waals surface area (Å²) in [5.74, 6) is -0.931. The van der Waals surface area contributed by atoms with Gasteiger partial charge in [-0.15, -0.1) is 6.58 Å². The van der Waals surface area contributed by atoms with E-state index in [4.69, 9.17) is 10.8 Å². The largest absolute Gasteiger partial charge is 0.478 e. The number of hydrogen-bond acceptors (Lipinski definition) is 2. The van der Waals surface area contributed by atoms with Crippen molar-refractivity contribution in [1.29, 1.82) is 0 Å². The van der Waals surface area contributed by atoms with Gasteiger partial charge in [-0.25, -0.2) is 4.79 Å². The zero-order chi connectivity index (χ0) is 11.3. The Labute approximate surface area is 89.2 Å². The van der Waals surface area contributed by atoms with Crippen molar-refractivity contribution in [3.63, 3.8) is 0 Å². The van der Waals surface area contributed by atoms with Crippen LogP contribution in [-0.4, -0.2) is 11.1 Å². The summed E-state index contributed by atoms with van der Waals surface area (Å²) < 4.78 is 0. The standard InChI is InChI=1S/C12H15NO2/c1-2-3-8-11(13)9-6-4-5-7-10(9)12(14)15/h2,4-7,11H,1,3,8,13H2,(H,14,15)/t11-/m1/s1. The normalized spacial score (nSPS) is 12.1. The summed E-state index contributed by atoms with van der Waals surface area (Å²) in [6, 6.07) is 6.60. The Balaban J connectivity index is 2.91. The Kier molecular flexibility index (Phi) is 4.06. The van der Waals surface area contributed by atoms with E-state index in [2.05, 4.69) is 6.58 Å². The van der Waals surface area contributed by atoms with Gasteiger partial charge in [-0.05, 0) is 24.5 Å². The van der Waals surface area contributed by atoms with E-state index in [-0.39, 0.29) is 11.6 Å². The molecule has 1 rings (SSSR count). The molecule has 0 bridgehead atoms. The highest BCUT2D eigenvalue weighted by Gasteiger charge is 2.14. The Bertz CT molecular complexity index is 360. The molecule has 0 heterocycles. The van der Waals surface area contributed by atoms with Crippen LogP contribution >= 0.6 is 0 Å². The monoisotopic (exact) mass is 205 g/mol. The van der Waals surface area contributed by atoms with Crippen LogP contribution in [0.3, 0.4) is 0 Å². The van der Waals surface area contributed by atoms with Crippen LogP contribution in [0, 0.1) is 0 Å². The first-order valence-electron chi connectivity index (χ1n) is 4.85. The predicted molar refractivity (Wildman–Crippen MR) is 59.8 cm³/mol. The Morgan fingerprint density at radius 1 is 1.53 bits per heavy atom. The molecule has 0 saturated heterocycles. The summed E-state index contributed by atoms with van der Waals surface area (Å²) in [7, 11) is 0. The van der Waals surface area contributed by atoms with Crippen molar-refractivity contribution in [1.82, 2.24) is 0 Å². The lowest BCUT2D eigenvalue weighted by molar-refractivity contribution is 0.0695. The van der Waals surface area contributed by atoms with Gasteiger partial charge in [-0.2, -0.15) is 0 Å². The number of rotatable bonds is 5. The molecule has 3 nitrogen and oxygen atoms in total. The molecule has 0 unspecified atom stereocenters. The number of nitrogens with two attached hydrogens (primary N) is 1. The van der Waals surface area contributed by atoms with E-state index in [1.54, 1.807) is 30.3 Å². The Hall–Kier alpha value is -1.61. The molecule has 0 aliphatic rings. The van der Waals surface area contributed by atoms with E-state index in [0.717, 1.165) is 6.42 Å². The lowest BCUT2D eigenvalue weighted by Gasteiger charge is -2.13. The molecule has 3 heteroatoms. The maximum absolute atomic E-state index is 10.9. The van der Waals surface area contributed by atoms with Crippen LogP contribution in [0.5, 0.6) is 0 Å². The number of carboxylic acids is 1. The molecule has 1 aromatic rings. The van der Waals surface area contributed by atoms with Gasteiger partial charge in [0.05, 0.1) is 5.56 Å². The lowest BCUT2D eigenvalue weighted by Crippen LogP contribution is -2.14. The maximum Gasteiger partial charge on any atom is 0.336 e. The highest BCUT2D eigenvalue weighted by molar-refractivity contribution is 5.89. The van der Waals surface area contributed by atoms with Crippen molar-refractivity contribution in [3.8, 4) is 0 Å². The van der Waals surface area contributed by atoms with Gasteiger partial charge < -0.3 is 10.8 Å². The fraction of sp³-hybridized carbons (Fsp3) is 0.250. The molecule has 80 valence electrons. The summed E-state index contributed by atoms with van der Waals surface area (Å²) in [4.78, 5) is 10.9. The van der Waals surface area contributed by atoms with Crippen LogP contribution in [0.4, 0.5) is 0 Å². The molecule has 0 amide bonds. The van der Waals surface area contributed by atoms with E-state index in [1.165, 1.54) is 0 Å². The molecule has 15 heavy (non-hydrogen) atoms. The van der Waals surface area contributed by atoms with E-state index in [0.29, 0.717) is 12.0 Å². The highest BCUT2D eigenvalue weighted by atomic mass is 16.4. The van der Waals surface area contributed by atoms with Crippen LogP contribution in [0.2, 0.25) is 0 Å². The molecule has 0 radical (unpaired) electrons. The minimum absolute atomic E-state index is 0.240. The summed E-state index contributed by atoms with van der Waals surface area (Å²) in [5, 5.41) is 8.96. The molecule has 3 N–H and O–H groups in total. The molecule has 0 fully saturated rings. The minimum Gasteiger partial charge on any atom is -0.478 e. The third-order valence-corrected chi connectivity index (χ3v) is 2.27. The lowest BCUT2D eigenvalue weighted by atomic mass is 9.97. The fourth-order valence-electron chi connectivity index (χ4n) is 1.47. The van der Waals surface area contributed by atoms with Crippen molar-refractivity contribution in [2.45, 2.75) is 18.9 Å². The molecule has 1 atom stereocenters. The topological polar surface area (TPSA) is 63.3 Å². The quantitative estimate of drug-likeness (QED) is 0.725. The maximum atomic E-state index is 10.9. The molecule has 1 aromatic carbocycles. The highest BCUT2D eigenvalue weighted by Crippen LogP contribution is 2.20. The first-order valence-corrected chi connectivity index (χ1v) is 4.85. The second-order valence-corrected chi connectivity index (χ2v) is 3.36. The molecular formula is C12H15NO2. The second-order valence-electron chi connectivity index (χ2n) is 3.36. The van der Waals surface area contributed by atoms with Gasteiger partial charge in [-0.1, -0.05) is 24.3 Å². The summed E-state index contributed by atoms with van der Waals surface area (Å²) >= 11 is 0. The SMILES string of the molecule is C=CCC[C@@H](N)c1ccccc1C(=O)O. The molecule has 0 aliphatic heterocycles. The van der Waals surface area contributed by atoms with E-state index >= 15 is 0 Å². The zero-order valence-electron chi connectivity index (χ0n) is 8.52. The number of carbonyl (C=O) groups is 1. The van der Waals surface area contributed by atoms with Crippen LogP contribution < -0.4 is 5.73 Å². The second kappa shape index (κ2) is 5.32. The van der Waals surface area contributed by atoms with Gasteiger partial charge in [0.1, 0.15) is 0 Å². The number of carboxylic acid groups (broad SMARTS) is 1. The number of allylic oxidation sites excluding steroid dienone is 1. The van der Waals surface area contributed by atoms with Gasteiger partial charge in [0.25, 0.3) is 0 Å². The number of aromatic carboxylic acids is 1. The van der Waals surface area contributed by atoms with Gasteiger partial charge in [0.15, 0.2) is 0 Å². The molecule has 0 saturated carbocycles. The van der Waals surface area contributed by atoms with Crippen molar-refractivity contribution in [3.05, 3.63) is 48.0 Å². The van der Waals surface area contributed by atoms with Gasteiger partial charge >= 0.3 is 5.97 Å². The van der Waals surface area contributed by atoms with Gasteiger partial charge in [0, 0.05) is 6.04 Å². The average Bonchev–Trinajstić information content (AvgIpc) is 2.25. The Morgan fingerprint density at radius 2 is 2.20 bits per heavy atom. The summed E-state index contributed by atoms with van der Waals surface area (Å²) in [5.41, 5.74) is 6.88. The third kappa shape index (κ3) is 2.92. The zero-order valence-corrected chi connectivity index (χ0v) is 8.52. The molecular weight excluding hydrogens is 190 g/mol. The smallest absolute Gasteiger partial charge is 0.336 e. The first kappa shape index (κ1) is 11.5.